The SMILES string of the molecule is CC=Nc1cc(C2CN(C3CCCC3Oc3ccc4c(c3)CN(C3CCC(=O)NC3=O)C4=O)C2)ccc1C(C)C. The minimum absolute atomic E-state index is 0.117. The van der Waals surface area contributed by atoms with E-state index < -0.39 is 6.04 Å². The minimum atomic E-state index is -0.605. The molecule has 1 N–H and O–H groups in total. The van der Waals surface area contributed by atoms with Gasteiger partial charge in [-0.15, -0.1) is 0 Å². The van der Waals surface area contributed by atoms with Gasteiger partial charge in [-0.05, 0) is 79.5 Å². The van der Waals surface area contributed by atoms with E-state index >= 15 is 0 Å². The van der Waals surface area contributed by atoms with Crippen molar-refractivity contribution >= 4 is 29.6 Å². The van der Waals surface area contributed by atoms with E-state index in [1.165, 1.54) is 11.1 Å². The van der Waals surface area contributed by atoms with Crippen molar-refractivity contribution in [2.75, 3.05) is 13.1 Å². The van der Waals surface area contributed by atoms with Gasteiger partial charge in [-0.25, -0.2) is 0 Å². The molecule has 0 spiro atoms. The smallest absolute Gasteiger partial charge is 0.255 e. The highest BCUT2D eigenvalue weighted by Crippen LogP contribution is 2.39. The van der Waals surface area contributed by atoms with Crippen LogP contribution in [0.25, 0.3) is 0 Å². The summed E-state index contributed by atoms with van der Waals surface area (Å²) in [6.45, 7) is 8.81. The molecule has 8 nitrogen and oxygen atoms in total. The maximum Gasteiger partial charge on any atom is 0.255 e. The fraction of sp³-hybridized carbons (Fsp3) is 0.500. The summed E-state index contributed by atoms with van der Waals surface area (Å²) in [6, 6.07) is 12.2. The predicted octanol–water partition coefficient (Wildman–Crippen LogP) is 4.69. The molecule has 3 atom stereocenters. The number of hydrogen-bond donors (Lipinski definition) is 1. The molecule has 1 aliphatic carbocycles. The lowest BCUT2D eigenvalue weighted by Gasteiger charge is -2.45. The van der Waals surface area contributed by atoms with Crippen LogP contribution in [0.15, 0.2) is 41.4 Å². The molecule has 210 valence electrons. The number of piperidine rings is 1. The molecule has 0 radical (unpaired) electrons. The van der Waals surface area contributed by atoms with Crippen molar-refractivity contribution in [2.24, 2.45) is 4.99 Å². The molecule has 2 saturated heterocycles. The van der Waals surface area contributed by atoms with Crippen LogP contribution in [0, 0.1) is 0 Å². The fourth-order valence-electron chi connectivity index (χ4n) is 6.81. The Balaban J connectivity index is 1.09. The Morgan fingerprint density at radius 1 is 1.05 bits per heavy atom. The standard InChI is InChI=1S/C32H38N4O4/c1-4-33-26-15-20(8-10-24(26)19(2)3)22-16-35(17-22)27-6-5-7-29(27)40-23-9-11-25-21(14-23)18-36(32(25)39)28-12-13-30(37)34-31(28)38/h4,8-11,14-15,19,22,27-29H,5-7,12-13,16-18H2,1-3H3,(H,34,37,38). The first-order valence-corrected chi connectivity index (χ1v) is 14.6. The number of fused-ring (bicyclic) bond motifs is 1. The topological polar surface area (TPSA) is 91.3 Å². The maximum atomic E-state index is 13.0. The van der Waals surface area contributed by atoms with Gasteiger partial charge in [0.2, 0.25) is 11.8 Å². The minimum Gasteiger partial charge on any atom is -0.489 e. The Labute approximate surface area is 235 Å². The molecule has 3 unspecified atom stereocenters. The van der Waals surface area contributed by atoms with Gasteiger partial charge in [0.15, 0.2) is 0 Å². The van der Waals surface area contributed by atoms with E-state index in [2.05, 4.69) is 47.3 Å². The molecule has 40 heavy (non-hydrogen) atoms. The predicted molar refractivity (Wildman–Crippen MR) is 153 cm³/mol. The number of carbonyl (C=O) groups excluding carboxylic acids is 3. The van der Waals surface area contributed by atoms with E-state index in [-0.39, 0.29) is 30.2 Å². The number of likely N-dealkylation sites (tertiary alicyclic amines) is 1. The lowest BCUT2D eigenvalue weighted by molar-refractivity contribution is -0.136. The van der Waals surface area contributed by atoms with Crippen LogP contribution in [0.4, 0.5) is 5.69 Å². The molecule has 6 rings (SSSR count). The van der Waals surface area contributed by atoms with Crippen molar-refractivity contribution in [3.05, 3.63) is 58.7 Å². The number of hydrogen-bond acceptors (Lipinski definition) is 6. The third-order valence-corrected chi connectivity index (χ3v) is 9.00. The van der Waals surface area contributed by atoms with E-state index in [9.17, 15) is 14.4 Å². The quantitative estimate of drug-likeness (QED) is 0.405. The zero-order chi connectivity index (χ0) is 28.0. The van der Waals surface area contributed by atoms with Gasteiger partial charge < -0.3 is 9.64 Å². The molecule has 3 amide bonds. The van der Waals surface area contributed by atoms with Crippen LogP contribution in [0.5, 0.6) is 5.75 Å². The molecule has 4 aliphatic rings. The largest absolute Gasteiger partial charge is 0.489 e. The second kappa shape index (κ2) is 10.8. The van der Waals surface area contributed by atoms with E-state index in [1.54, 1.807) is 4.90 Å². The molecule has 1 saturated carbocycles. The summed E-state index contributed by atoms with van der Waals surface area (Å²) in [4.78, 5) is 45.7. The highest BCUT2D eigenvalue weighted by Gasteiger charge is 2.42. The van der Waals surface area contributed by atoms with E-state index in [0.29, 0.717) is 36.4 Å². The normalized spacial score (nSPS) is 25.6. The number of carbonyl (C=O) groups is 3. The third kappa shape index (κ3) is 4.94. The molecule has 3 aliphatic heterocycles. The van der Waals surface area contributed by atoms with Crippen molar-refractivity contribution in [2.45, 2.75) is 89.4 Å². The van der Waals surface area contributed by atoms with Crippen LogP contribution in [-0.4, -0.2) is 65.0 Å². The third-order valence-electron chi connectivity index (χ3n) is 9.00. The highest BCUT2D eigenvalue weighted by atomic mass is 16.5. The summed E-state index contributed by atoms with van der Waals surface area (Å²) in [5.41, 5.74) is 5.22. The Bertz CT molecular complexity index is 1360. The Morgan fingerprint density at radius 2 is 1.88 bits per heavy atom. The molecular weight excluding hydrogens is 504 g/mol. The number of imide groups is 1. The van der Waals surface area contributed by atoms with Crippen molar-refractivity contribution in [3.63, 3.8) is 0 Å². The van der Waals surface area contributed by atoms with Gasteiger partial charge in [-0.1, -0.05) is 26.0 Å². The van der Waals surface area contributed by atoms with Gasteiger partial charge in [0.05, 0.1) is 5.69 Å². The summed E-state index contributed by atoms with van der Waals surface area (Å²) >= 11 is 0. The second-order valence-electron chi connectivity index (χ2n) is 11.9. The summed E-state index contributed by atoms with van der Waals surface area (Å²) in [7, 11) is 0. The van der Waals surface area contributed by atoms with Crippen molar-refractivity contribution in [3.8, 4) is 5.75 Å². The molecule has 0 aromatic heterocycles. The fourth-order valence-corrected chi connectivity index (χ4v) is 6.81. The highest BCUT2D eigenvalue weighted by molar-refractivity contribution is 6.05. The Hall–Kier alpha value is -3.52. The van der Waals surface area contributed by atoms with Crippen molar-refractivity contribution in [1.29, 1.82) is 0 Å². The molecule has 0 bridgehead atoms. The van der Waals surface area contributed by atoms with E-state index in [1.807, 2.05) is 31.3 Å². The van der Waals surface area contributed by atoms with Gasteiger partial charge in [-0.2, -0.15) is 0 Å². The molecule has 2 aromatic carbocycles. The first kappa shape index (κ1) is 26.7. The summed E-state index contributed by atoms with van der Waals surface area (Å²) < 4.78 is 6.54. The Kier molecular flexibility index (Phi) is 7.21. The molecule has 8 heteroatoms. The molecular formula is C32H38N4O4. The van der Waals surface area contributed by atoms with Crippen molar-refractivity contribution < 1.29 is 19.1 Å². The van der Waals surface area contributed by atoms with Crippen LogP contribution in [0.1, 0.15) is 91.8 Å². The number of amides is 3. The maximum absolute atomic E-state index is 13.0. The second-order valence-corrected chi connectivity index (χ2v) is 11.9. The summed E-state index contributed by atoms with van der Waals surface area (Å²) in [5, 5.41) is 2.36. The number of ether oxygens (including phenoxy) is 1. The zero-order valence-corrected chi connectivity index (χ0v) is 23.6. The first-order chi connectivity index (χ1) is 19.3. The summed E-state index contributed by atoms with van der Waals surface area (Å²) in [5.74, 6) is 0.908. The average Bonchev–Trinajstić information content (AvgIpc) is 3.47. The van der Waals surface area contributed by atoms with Gasteiger partial charge in [0, 0.05) is 49.8 Å². The number of nitrogens with one attached hydrogen (secondary N) is 1. The van der Waals surface area contributed by atoms with Crippen LogP contribution in [-0.2, 0) is 16.1 Å². The number of nitrogens with zero attached hydrogens (tertiary/aromatic N) is 3. The van der Waals surface area contributed by atoms with Crippen LogP contribution in [0.3, 0.4) is 0 Å². The van der Waals surface area contributed by atoms with Crippen LogP contribution >= 0.6 is 0 Å². The molecule has 3 heterocycles. The average molecular weight is 543 g/mol. The Morgan fingerprint density at radius 3 is 2.62 bits per heavy atom. The zero-order valence-electron chi connectivity index (χ0n) is 23.6. The monoisotopic (exact) mass is 542 g/mol. The van der Waals surface area contributed by atoms with Crippen molar-refractivity contribution in [1.82, 2.24) is 15.1 Å². The summed E-state index contributed by atoms with van der Waals surface area (Å²) in [6.07, 6.45) is 5.89. The van der Waals surface area contributed by atoms with E-state index in [4.69, 9.17) is 4.74 Å². The number of benzene rings is 2. The molecule has 3 fully saturated rings. The first-order valence-electron chi connectivity index (χ1n) is 14.6. The van der Waals surface area contributed by atoms with Gasteiger partial charge in [0.1, 0.15) is 17.9 Å². The lowest BCUT2D eigenvalue weighted by atomic mass is 9.87. The van der Waals surface area contributed by atoms with Gasteiger partial charge in [-0.3, -0.25) is 29.6 Å². The van der Waals surface area contributed by atoms with Gasteiger partial charge in [0.25, 0.3) is 5.91 Å². The van der Waals surface area contributed by atoms with Gasteiger partial charge >= 0.3 is 0 Å². The molecule has 2 aromatic rings. The number of aliphatic imine (C=N–C) groups is 1. The van der Waals surface area contributed by atoms with E-state index in [0.717, 1.165) is 49.4 Å². The van der Waals surface area contributed by atoms with Crippen LogP contribution < -0.4 is 10.1 Å². The van der Waals surface area contributed by atoms with Crippen LogP contribution in [0.2, 0.25) is 0 Å². The number of rotatable bonds is 7. The lowest BCUT2D eigenvalue weighted by Crippen LogP contribution is -2.54.